The summed E-state index contributed by atoms with van der Waals surface area (Å²) in [7, 11) is 1.54. The summed E-state index contributed by atoms with van der Waals surface area (Å²) in [5.74, 6) is -0.588. The van der Waals surface area contributed by atoms with E-state index in [2.05, 4.69) is 29.6 Å². The summed E-state index contributed by atoms with van der Waals surface area (Å²) < 4.78 is 10.3. The molecule has 0 aromatic heterocycles. The normalized spacial score (nSPS) is 11.4. The highest BCUT2D eigenvalue weighted by Gasteiger charge is 2.20. The van der Waals surface area contributed by atoms with Crippen LogP contribution in [0.5, 0.6) is 5.75 Å². The van der Waals surface area contributed by atoms with Crippen LogP contribution in [0.4, 0.5) is 5.69 Å². The first-order valence-corrected chi connectivity index (χ1v) is 11.7. The molecule has 0 saturated carbocycles. The van der Waals surface area contributed by atoms with Gasteiger partial charge in [0.1, 0.15) is 5.75 Å². The van der Waals surface area contributed by atoms with Crippen molar-refractivity contribution in [1.29, 1.82) is 0 Å². The third-order valence-corrected chi connectivity index (χ3v) is 6.02. The molecule has 1 N–H and O–H groups in total. The van der Waals surface area contributed by atoms with Crippen molar-refractivity contribution in [3.8, 4) is 5.75 Å². The van der Waals surface area contributed by atoms with Crippen molar-refractivity contribution in [2.75, 3.05) is 12.4 Å². The molecule has 0 spiro atoms. The average Bonchev–Trinajstić information content (AvgIpc) is 2.85. The molecule has 0 heterocycles. The molecule has 0 aliphatic heterocycles. The minimum Gasteiger partial charge on any atom is -0.497 e. The summed E-state index contributed by atoms with van der Waals surface area (Å²) in [5.41, 5.74) is 2.28. The molecular weight excluding hydrogens is 450 g/mol. The van der Waals surface area contributed by atoms with Crippen molar-refractivity contribution in [3.05, 3.63) is 83.9 Å². The Balaban J connectivity index is 1.42. The lowest BCUT2D eigenvalue weighted by atomic mass is 10.1. The van der Waals surface area contributed by atoms with Gasteiger partial charge in [-0.05, 0) is 74.5 Å². The number of anilines is 1. The van der Waals surface area contributed by atoms with E-state index in [1.54, 1.807) is 36.0 Å². The second kappa shape index (κ2) is 12.0. The predicted octanol–water partition coefficient (Wildman–Crippen LogP) is 5.69. The highest BCUT2D eigenvalue weighted by Crippen LogP contribution is 2.28. The first kappa shape index (κ1) is 25.1. The molecule has 3 rings (SSSR count). The maximum atomic E-state index is 12.4. The SMILES string of the molecule is COc1ccc(C(=O)C(C)OC(=O)CCC(=O)Nc2ccc(Sc3ccc(C)cc3)cc2)cc1. The number of rotatable bonds is 10. The van der Waals surface area contributed by atoms with E-state index in [9.17, 15) is 14.4 Å². The van der Waals surface area contributed by atoms with Crippen molar-refractivity contribution < 1.29 is 23.9 Å². The molecule has 0 saturated heterocycles. The first-order chi connectivity index (χ1) is 16.3. The number of methoxy groups -OCH3 is 1. The quantitative estimate of drug-likeness (QED) is 0.298. The fourth-order valence-electron chi connectivity index (χ4n) is 3.09. The van der Waals surface area contributed by atoms with Crippen molar-refractivity contribution in [3.63, 3.8) is 0 Å². The lowest BCUT2D eigenvalue weighted by molar-refractivity contribution is -0.147. The fourth-order valence-corrected chi connectivity index (χ4v) is 3.90. The second-order valence-electron chi connectivity index (χ2n) is 7.71. The number of ketones is 1. The van der Waals surface area contributed by atoms with Gasteiger partial charge in [-0.25, -0.2) is 0 Å². The average molecular weight is 478 g/mol. The van der Waals surface area contributed by atoms with Gasteiger partial charge in [0, 0.05) is 27.5 Å². The summed E-state index contributed by atoms with van der Waals surface area (Å²) in [6.45, 7) is 3.56. The van der Waals surface area contributed by atoms with E-state index in [4.69, 9.17) is 9.47 Å². The Morgan fingerprint density at radius 1 is 0.853 bits per heavy atom. The largest absolute Gasteiger partial charge is 0.497 e. The number of nitrogens with one attached hydrogen (secondary N) is 1. The maximum Gasteiger partial charge on any atom is 0.307 e. The third-order valence-electron chi connectivity index (χ3n) is 5.00. The fraction of sp³-hybridized carbons (Fsp3) is 0.222. The van der Waals surface area contributed by atoms with Gasteiger partial charge in [-0.15, -0.1) is 0 Å². The van der Waals surface area contributed by atoms with Gasteiger partial charge in [0.2, 0.25) is 11.7 Å². The molecule has 3 aromatic carbocycles. The van der Waals surface area contributed by atoms with Gasteiger partial charge in [0.15, 0.2) is 6.10 Å². The molecule has 1 amide bonds. The number of esters is 1. The summed E-state index contributed by atoms with van der Waals surface area (Å²) in [5, 5.41) is 2.77. The number of carbonyl (C=O) groups excluding carboxylic acids is 3. The summed E-state index contributed by atoms with van der Waals surface area (Å²) >= 11 is 1.64. The topological polar surface area (TPSA) is 81.7 Å². The van der Waals surface area contributed by atoms with Crippen LogP contribution >= 0.6 is 11.8 Å². The molecule has 0 fully saturated rings. The minimum absolute atomic E-state index is 0.0395. The summed E-state index contributed by atoms with van der Waals surface area (Å²) in [6.07, 6.45) is -1.10. The van der Waals surface area contributed by atoms with Crippen LogP contribution in [0.1, 0.15) is 35.7 Å². The number of carbonyl (C=O) groups is 3. The molecule has 0 bridgehead atoms. The number of amides is 1. The van der Waals surface area contributed by atoms with Crippen molar-refractivity contribution in [2.24, 2.45) is 0 Å². The molecule has 1 atom stereocenters. The van der Waals surface area contributed by atoms with Gasteiger partial charge in [-0.3, -0.25) is 14.4 Å². The van der Waals surface area contributed by atoms with E-state index in [1.165, 1.54) is 19.6 Å². The van der Waals surface area contributed by atoms with E-state index in [0.29, 0.717) is 17.0 Å². The molecule has 0 aliphatic carbocycles. The maximum absolute atomic E-state index is 12.4. The Bertz CT molecular complexity index is 1130. The van der Waals surface area contributed by atoms with Gasteiger partial charge in [-0.2, -0.15) is 0 Å². The van der Waals surface area contributed by atoms with E-state index < -0.39 is 12.1 Å². The van der Waals surface area contributed by atoms with Crippen LogP contribution in [0.2, 0.25) is 0 Å². The molecular formula is C27H27NO5S. The monoisotopic (exact) mass is 477 g/mol. The lowest BCUT2D eigenvalue weighted by Gasteiger charge is -2.13. The van der Waals surface area contributed by atoms with Crippen LogP contribution in [0, 0.1) is 6.92 Å². The minimum atomic E-state index is -0.942. The molecule has 3 aromatic rings. The van der Waals surface area contributed by atoms with Crippen molar-refractivity contribution >= 4 is 35.1 Å². The highest BCUT2D eigenvalue weighted by atomic mass is 32.2. The van der Waals surface area contributed by atoms with Gasteiger partial charge in [0.05, 0.1) is 13.5 Å². The third kappa shape index (κ3) is 7.49. The van der Waals surface area contributed by atoms with Crippen molar-refractivity contribution in [2.45, 2.75) is 42.6 Å². The first-order valence-electron chi connectivity index (χ1n) is 10.9. The van der Waals surface area contributed by atoms with Crippen LogP contribution in [0.25, 0.3) is 0 Å². The Kier molecular flexibility index (Phi) is 8.87. The molecule has 0 radical (unpaired) electrons. The lowest BCUT2D eigenvalue weighted by Crippen LogP contribution is -2.25. The molecule has 7 heteroatoms. The Morgan fingerprint density at radius 3 is 2.03 bits per heavy atom. The zero-order chi connectivity index (χ0) is 24.5. The van der Waals surface area contributed by atoms with E-state index >= 15 is 0 Å². The molecule has 0 aliphatic rings. The Labute approximate surface area is 203 Å². The summed E-state index contributed by atoms with van der Waals surface area (Å²) in [6, 6.07) is 22.3. The van der Waals surface area contributed by atoms with E-state index in [1.807, 2.05) is 31.2 Å². The van der Waals surface area contributed by atoms with Crippen molar-refractivity contribution in [1.82, 2.24) is 0 Å². The van der Waals surface area contributed by atoms with Gasteiger partial charge < -0.3 is 14.8 Å². The Hall–Kier alpha value is -3.58. The standard InChI is InChI=1S/C27H27NO5S/c1-18-4-12-23(13-5-18)34-24-14-8-21(9-15-24)28-25(29)16-17-26(30)33-19(2)27(31)20-6-10-22(32-3)11-7-20/h4-15,19H,16-17H2,1-3H3,(H,28,29). The Morgan fingerprint density at radius 2 is 1.44 bits per heavy atom. The number of benzene rings is 3. The molecule has 1 unspecified atom stereocenters. The molecule has 34 heavy (non-hydrogen) atoms. The number of Topliss-reactive ketones (excluding diaryl/α,β-unsaturated/α-hetero) is 1. The second-order valence-corrected chi connectivity index (χ2v) is 8.86. The highest BCUT2D eigenvalue weighted by molar-refractivity contribution is 7.99. The van der Waals surface area contributed by atoms with E-state index in [0.717, 1.165) is 9.79 Å². The predicted molar refractivity (Wildman–Crippen MR) is 132 cm³/mol. The number of hydrogen-bond donors (Lipinski definition) is 1. The van der Waals surface area contributed by atoms with E-state index in [-0.39, 0.29) is 24.5 Å². The van der Waals surface area contributed by atoms with Crippen LogP contribution in [0.3, 0.4) is 0 Å². The zero-order valence-electron chi connectivity index (χ0n) is 19.4. The van der Waals surface area contributed by atoms with Crippen LogP contribution < -0.4 is 10.1 Å². The van der Waals surface area contributed by atoms with Crippen LogP contribution in [-0.2, 0) is 14.3 Å². The van der Waals surface area contributed by atoms with Gasteiger partial charge in [-0.1, -0.05) is 29.5 Å². The zero-order valence-corrected chi connectivity index (χ0v) is 20.2. The van der Waals surface area contributed by atoms with Gasteiger partial charge in [0.25, 0.3) is 0 Å². The number of aryl methyl sites for hydroxylation is 1. The van der Waals surface area contributed by atoms with Crippen LogP contribution in [0.15, 0.2) is 82.6 Å². The summed E-state index contributed by atoms with van der Waals surface area (Å²) in [4.78, 5) is 38.9. The molecule has 176 valence electrons. The number of ether oxygens (including phenoxy) is 2. The number of hydrogen-bond acceptors (Lipinski definition) is 6. The van der Waals surface area contributed by atoms with Crippen LogP contribution in [-0.4, -0.2) is 30.9 Å². The molecule has 6 nitrogen and oxygen atoms in total. The smallest absolute Gasteiger partial charge is 0.307 e. The van der Waals surface area contributed by atoms with Gasteiger partial charge >= 0.3 is 5.97 Å².